The first-order chi connectivity index (χ1) is 10.4. The molecule has 0 amide bonds. The van der Waals surface area contributed by atoms with Crippen molar-refractivity contribution in [3.05, 3.63) is 78.4 Å². The second-order valence-corrected chi connectivity index (χ2v) is 5.79. The zero-order valence-corrected chi connectivity index (χ0v) is 11.7. The topological polar surface area (TPSA) is 20.3 Å². The third-order valence-corrected chi connectivity index (χ3v) is 4.71. The van der Waals surface area contributed by atoms with Crippen LogP contribution in [0.5, 0.6) is 0 Å². The zero-order valence-electron chi connectivity index (χ0n) is 11.7. The number of carbonyl (C=O) groups is 1. The van der Waals surface area contributed by atoms with E-state index in [1.165, 1.54) is 5.69 Å². The normalized spacial score (nSPS) is 32.1. The lowest BCUT2D eigenvalue weighted by atomic mass is 9.83. The summed E-state index contributed by atoms with van der Waals surface area (Å²) in [5.41, 5.74) is 1.91. The number of nitrogens with zero attached hydrogens (tertiary/aromatic N) is 1. The number of allylic oxidation sites excluding steroid dienone is 4. The molecule has 4 rings (SSSR count). The van der Waals surface area contributed by atoms with E-state index < -0.39 is 0 Å². The molecule has 2 heteroatoms. The summed E-state index contributed by atoms with van der Waals surface area (Å²) in [4.78, 5) is 13.3. The first-order valence-corrected chi connectivity index (χ1v) is 7.42. The second-order valence-electron chi connectivity index (χ2n) is 5.79. The highest BCUT2D eigenvalue weighted by atomic mass is 16.1. The Hall–Kier alpha value is -2.35. The van der Waals surface area contributed by atoms with Crippen molar-refractivity contribution in [3.63, 3.8) is 0 Å². The molecule has 1 aromatic carbocycles. The lowest BCUT2D eigenvalue weighted by molar-refractivity contribution is 0.112. The minimum atomic E-state index is 0.388. The van der Waals surface area contributed by atoms with Crippen LogP contribution in [0.3, 0.4) is 0 Å². The van der Waals surface area contributed by atoms with Crippen molar-refractivity contribution in [1.82, 2.24) is 0 Å². The highest BCUT2D eigenvalue weighted by Crippen LogP contribution is 2.43. The van der Waals surface area contributed by atoms with Crippen molar-refractivity contribution in [2.45, 2.75) is 12.1 Å². The van der Waals surface area contributed by atoms with Gasteiger partial charge in [-0.2, -0.15) is 0 Å². The Labute approximate surface area is 124 Å². The molecule has 21 heavy (non-hydrogen) atoms. The largest absolute Gasteiger partial charge is 0.357 e. The van der Waals surface area contributed by atoms with Crippen molar-refractivity contribution in [2.75, 3.05) is 4.90 Å². The molecule has 104 valence electrons. The summed E-state index contributed by atoms with van der Waals surface area (Å²) in [7, 11) is 0. The molecule has 1 fully saturated rings. The lowest BCUT2D eigenvalue weighted by Crippen LogP contribution is -2.36. The van der Waals surface area contributed by atoms with Crippen molar-refractivity contribution in [2.24, 2.45) is 11.8 Å². The van der Waals surface area contributed by atoms with Gasteiger partial charge in [0.2, 0.25) is 0 Å². The Balaban J connectivity index is 1.76. The molecule has 1 aliphatic heterocycles. The lowest BCUT2D eigenvalue weighted by Gasteiger charge is -2.31. The molecule has 0 radical (unpaired) electrons. The fourth-order valence-corrected chi connectivity index (χ4v) is 3.76. The van der Waals surface area contributed by atoms with Gasteiger partial charge in [0.25, 0.3) is 0 Å². The third-order valence-electron chi connectivity index (χ3n) is 4.71. The number of anilines is 1. The van der Waals surface area contributed by atoms with Gasteiger partial charge in [-0.15, -0.1) is 0 Å². The van der Waals surface area contributed by atoms with Crippen LogP contribution in [0.25, 0.3) is 0 Å². The van der Waals surface area contributed by atoms with E-state index in [0.29, 0.717) is 23.9 Å². The first-order valence-electron chi connectivity index (χ1n) is 7.42. The Morgan fingerprint density at radius 2 is 1.29 bits per heavy atom. The summed E-state index contributed by atoms with van der Waals surface area (Å²) in [5.74, 6) is 1.04. The van der Waals surface area contributed by atoms with Crippen molar-refractivity contribution < 1.29 is 4.79 Å². The van der Waals surface area contributed by atoms with Crippen molar-refractivity contribution >= 4 is 12.0 Å². The fraction of sp³-hybridized carbons (Fsp3) is 0.211. The number of fused-ring (bicyclic) bond motifs is 3. The smallest absolute Gasteiger partial charge is 0.150 e. The number of hydrogen-bond acceptors (Lipinski definition) is 2. The van der Waals surface area contributed by atoms with E-state index in [9.17, 15) is 4.79 Å². The summed E-state index contributed by atoms with van der Waals surface area (Å²) in [6.45, 7) is 0. The van der Waals surface area contributed by atoms with Gasteiger partial charge in [-0.05, 0) is 24.3 Å². The van der Waals surface area contributed by atoms with Gasteiger partial charge < -0.3 is 4.90 Å². The van der Waals surface area contributed by atoms with Crippen molar-refractivity contribution in [3.8, 4) is 0 Å². The molecule has 4 unspecified atom stereocenters. The van der Waals surface area contributed by atoms with E-state index in [1.807, 2.05) is 12.1 Å². The van der Waals surface area contributed by atoms with Crippen LogP contribution in [0, 0.1) is 11.8 Å². The van der Waals surface area contributed by atoms with Gasteiger partial charge in [0.05, 0.1) is 12.1 Å². The first kappa shape index (κ1) is 12.4. The Morgan fingerprint density at radius 3 is 1.81 bits per heavy atom. The summed E-state index contributed by atoms with van der Waals surface area (Å²) in [6, 6.07) is 8.69. The predicted octanol–water partition coefficient (Wildman–Crippen LogP) is 3.54. The molecule has 1 saturated heterocycles. The average molecular weight is 275 g/mol. The number of benzene rings is 1. The molecule has 0 saturated carbocycles. The molecule has 2 aliphatic carbocycles. The quantitative estimate of drug-likeness (QED) is 0.769. The third kappa shape index (κ3) is 1.90. The molecule has 4 atom stereocenters. The summed E-state index contributed by atoms with van der Waals surface area (Å²) < 4.78 is 0. The summed E-state index contributed by atoms with van der Waals surface area (Å²) in [5, 5.41) is 0. The standard InChI is InChI=1S/C19H17NO/c21-13-14-9-11-15(12-10-14)20-18-7-3-1-5-16(18)17-6-2-4-8-19(17)20/h1-13,16-19H. The van der Waals surface area contributed by atoms with Crippen LogP contribution in [-0.2, 0) is 0 Å². The second kappa shape index (κ2) is 4.88. The molecule has 0 bridgehead atoms. The van der Waals surface area contributed by atoms with Gasteiger partial charge in [0.1, 0.15) is 6.29 Å². The zero-order chi connectivity index (χ0) is 14.2. The van der Waals surface area contributed by atoms with Crippen LogP contribution in [-0.4, -0.2) is 18.4 Å². The van der Waals surface area contributed by atoms with E-state index in [4.69, 9.17) is 0 Å². The maximum atomic E-state index is 10.8. The average Bonchev–Trinajstić information content (AvgIpc) is 2.90. The van der Waals surface area contributed by atoms with Gasteiger partial charge in [-0.1, -0.05) is 48.6 Å². The number of rotatable bonds is 2. The molecule has 3 aliphatic rings. The molecule has 2 nitrogen and oxygen atoms in total. The predicted molar refractivity (Wildman–Crippen MR) is 85.4 cm³/mol. The van der Waals surface area contributed by atoms with E-state index in [-0.39, 0.29) is 0 Å². The maximum absolute atomic E-state index is 10.8. The monoisotopic (exact) mass is 275 g/mol. The molecule has 1 aromatic rings. The maximum Gasteiger partial charge on any atom is 0.150 e. The minimum Gasteiger partial charge on any atom is -0.357 e. The summed E-state index contributed by atoms with van der Waals surface area (Å²) >= 11 is 0. The number of aldehydes is 1. The molecule has 0 spiro atoms. The van der Waals surface area contributed by atoms with Gasteiger partial charge in [0, 0.05) is 23.1 Å². The van der Waals surface area contributed by atoms with Gasteiger partial charge in [-0.25, -0.2) is 0 Å². The van der Waals surface area contributed by atoms with E-state index in [1.54, 1.807) is 0 Å². The molecular weight excluding hydrogens is 258 g/mol. The fourth-order valence-electron chi connectivity index (χ4n) is 3.76. The minimum absolute atomic E-state index is 0.388. The van der Waals surface area contributed by atoms with Crippen LogP contribution < -0.4 is 4.90 Å². The van der Waals surface area contributed by atoms with E-state index >= 15 is 0 Å². The SMILES string of the molecule is O=Cc1ccc(N2C3C=CC=CC3C3C=CC=CC32)cc1. The van der Waals surface area contributed by atoms with Crippen molar-refractivity contribution in [1.29, 1.82) is 0 Å². The highest BCUT2D eigenvalue weighted by Gasteiger charge is 2.45. The number of carbonyl (C=O) groups excluding carboxylic acids is 1. The van der Waals surface area contributed by atoms with Crippen LogP contribution in [0.1, 0.15) is 10.4 Å². The van der Waals surface area contributed by atoms with Crippen LogP contribution in [0.4, 0.5) is 5.69 Å². The molecule has 0 N–H and O–H groups in total. The Bertz CT molecular complexity index is 631. The molecule has 1 heterocycles. The molecular formula is C19H17NO. The van der Waals surface area contributed by atoms with E-state index in [2.05, 4.69) is 65.6 Å². The van der Waals surface area contributed by atoms with Crippen LogP contribution in [0.15, 0.2) is 72.9 Å². The van der Waals surface area contributed by atoms with E-state index in [0.717, 1.165) is 11.8 Å². The Morgan fingerprint density at radius 1 is 0.762 bits per heavy atom. The van der Waals surface area contributed by atoms with Crippen LogP contribution >= 0.6 is 0 Å². The summed E-state index contributed by atoms with van der Waals surface area (Å²) in [6.07, 6.45) is 18.7. The highest BCUT2D eigenvalue weighted by molar-refractivity contribution is 5.76. The number of hydrogen-bond donors (Lipinski definition) is 0. The van der Waals surface area contributed by atoms with Gasteiger partial charge >= 0.3 is 0 Å². The van der Waals surface area contributed by atoms with Crippen LogP contribution in [0.2, 0.25) is 0 Å². The van der Waals surface area contributed by atoms with Gasteiger partial charge in [0.15, 0.2) is 0 Å². The molecule has 0 aromatic heterocycles. The Kier molecular flexibility index (Phi) is 2.88. The van der Waals surface area contributed by atoms with Gasteiger partial charge in [-0.3, -0.25) is 4.79 Å².